The van der Waals surface area contributed by atoms with E-state index in [0.717, 1.165) is 28.6 Å². The molecule has 7 heteroatoms. The van der Waals surface area contributed by atoms with Gasteiger partial charge in [0.15, 0.2) is 0 Å². The molecule has 0 aliphatic heterocycles. The number of benzene rings is 2. The number of carbonyl (C=O) groups excluding carboxylic acids is 1. The number of hydrogen-bond acceptors (Lipinski definition) is 5. The van der Waals surface area contributed by atoms with Gasteiger partial charge in [-0.25, -0.2) is 4.39 Å². The fourth-order valence-corrected chi connectivity index (χ4v) is 2.72. The van der Waals surface area contributed by atoms with Gasteiger partial charge in [0, 0.05) is 11.3 Å². The third kappa shape index (κ3) is 4.45. The van der Waals surface area contributed by atoms with Crippen molar-refractivity contribution < 1.29 is 13.6 Å². The normalized spacial score (nSPS) is 10.7. The summed E-state index contributed by atoms with van der Waals surface area (Å²) in [6.45, 7) is 3.91. The van der Waals surface area contributed by atoms with Crippen LogP contribution in [-0.4, -0.2) is 21.9 Å². The second-order valence-electron chi connectivity index (χ2n) is 5.54. The van der Waals surface area contributed by atoms with Crippen LogP contribution in [-0.2, 0) is 4.79 Å². The van der Waals surface area contributed by atoms with E-state index >= 15 is 0 Å². The number of aryl methyl sites for hydroxylation is 2. The smallest absolute Gasteiger partial charge is 0.277 e. The van der Waals surface area contributed by atoms with Crippen molar-refractivity contribution in [2.75, 3.05) is 11.1 Å². The summed E-state index contributed by atoms with van der Waals surface area (Å²) in [5.74, 6) is -0.0445. The molecule has 0 aliphatic carbocycles. The van der Waals surface area contributed by atoms with Crippen molar-refractivity contribution in [2.45, 2.75) is 19.1 Å². The highest BCUT2D eigenvalue weighted by Gasteiger charge is 2.12. The van der Waals surface area contributed by atoms with Crippen molar-refractivity contribution in [2.24, 2.45) is 0 Å². The number of halogens is 1. The van der Waals surface area contributed by atoms with Crippen LogP contribution >= 0.6 is 11.8 Å². The highest BCUT2D eigenvalue weighted by molar-refractivity contribution is 7.99. The second-order valence-corrected chi connectivity index (χ2v) is 6.46. The Labute approximate surface area is 148 Å². The van der Waals surface area contributed by atoms with Crippen LogP contribution in [0.1, 0.15) is 11.1 Å². The predicted molar refractivity (Wildman–Crippen MR) is 95.0 cm³/mol. The third-order valence-corrected chi connectivity index (χ3v) is 4.31. The van der Waals surface area contributed by atoms with Crippen molar-refractivity contribution in [3.05, 3.63) is 59.4 Å². The number of nitrogens with zero attached hydrogens (tertiary/aromatic N) is 2. The van der Waals surface area contributed by atoms with Gasteiger partial charge in [-0.3, -0.25) is 4.79 Å². The van der Waals surface area contributed by atoms with Crippen molar-refractivity contribution in [3.63, 3.8) is 0 Å². The Morgan fingerprint density at radius 1 is 1.16 bits per heavy atom. The van der Waals surface area contributed by atoms with Crippen LogP contribution in [0, 0.1) is 19.7 Å². The number of amides is 1. The number of anilines is 1. The first-order valence-corrected chi connectivity index (χ1v) is 8.59. The van der Waals surface area contributed by atoms with E-state index in [1.807, 2.05) is 32.0 Å². The second kappa shape index (κ2) is 7.48. The summed E-state index contributed by atoms with van der Waals surface area (Å²) in [6.07, 6.45) is 0. The molecule has 0 saturated carbocycles. The van der Waals surface area contributed by atoms with Crippen molar-refractivity contribution in [1.29, 1.82) is 0 Å². The molecule has 0 aliphatic rings. The molecule has 0 saturated heterocycles. The fourth-order valence-electron chi connectivity index (χ4n) is 2.16. The number of hydrogen-bond donors (Lipinski definition) is 1. The summed E-state index contributed by atoms with van der Waals surface area (Å²) in [5, 5.41) is 11.0. The van der Waals surface area contributed by atoms with Crippen LogP contribution in [0.2, 0.25) is 0 Å². The van der Waals surface area contributed by atoms with Gasteiger partial charge in [0.25, 0.3) is 5.22 Å². The Morgan fingerprint density at radius 3 is 2.68 bits per heavy atom. The minimum absolute atomic E-state index is 0.151. The maximum Gasteiger partial charge on any atom is 0.277 e. The van der Waals surface area contributed by atoms with E-state index in [0.29, 0.717) is 5.56 Å². The van der Waals surface area contributed by atoms with Crippen LogP contribution in [0.25, 0.3) is 11.5 Å². The molecule has 0 atom stereocenters. The molecule has 2 aromatic carbocycles. The Bertz CT molecular complexity index is 894. The van der Waals surface area contributed by atoms with E-state index in [-0.39, 0.29) is 28.6 Å². The van der Waals surface area contributed by atoms with E-state index in [4.69, 9.17) is 4.42 Å². The minimum atomic E-state index is -0.332. The van der Waals surface area contributed by atoms with Crippen LogP contribution in [0.15, 0.2) is 52.1 Å². The average Bonchev–Trinajstić information content (AvgIpc) is 3.06. The molecule has 0 unspecified atom stereocenters. The first-order chi connectivity index (χ1) is 12.0. The van der Waals surface area contributed by atoms with Crippen LogP contribution in [0.5, 0.6) is 0 Å². The molecule has 25 heavy (non-hydrogen) atoms. The molecule has 1 N–H and O–H groups in total. The van der Waals surface area contributed by atoms with E-state index < -0.39 is 0 Å². The number of rotatable bonds is 5. The molecule has 128 valence electrons. The first kappa shape index (κ1) is 17.2. The fraction of sp³-hybridized carbons (Fsp3) is 0.167. The molecule has 1 amide bonds. The van der Waals surface area contributed by atoms with E-state index in [1.54, 1.807) is 12.1 Å². The predicted octanol–water partition coefficient (Wildman–Crippen LogP) is 4.22. The maximum absolute atomic E-state index is 12.9. The van der Waals surface area contributed by atoms with Crippen LogP contribution in [0.4, 0.5) is 10.1 Å². The first-order valence-electron chi connectivity index (χ1n) is 7.60. The summed E-state index contributed by atoms with van der Waals surface area (Å²) in [6, 6.07) is 11.7. The molecule has 3 aromatic rings. The highest BCUT2D eigenvalue weighted by Crippen LogP contribution is 2.24. The lowest BCUT2D eigenvalue weighted by atomic mass is 10.1. The largest absolute Gasteiger partial charge is 0.411 e. The van der Waals surface area contributed by atoms with Crippen LogP contribution < -0.4 is 5.32 Å². The zero-order chi connectivity index (χ0) is 17.8. The summed E-state index contributed by atoms with van der Waals surface area (Å²) in [5.41, 5.74) is 3.50. The molecule has 1 heterocycles. The molecule has 1 aromatic heterocycles. The Hall–Kier alpha value is -2.67. The van der Waals surface area contributed by atoms with Crippen molar-refractivity contribution >= 4 is 23.4 Å². The molecule has 0 fully saturated rings. The number of aromatic nitrogens is 2. The lowest BCUT2D eigenvalue weighted by molar-refractivity contribution is -0.113. The summed E-state index contributed by atoms with van der Waals surface area (Å²) in [7, 11) is 0. The standard InChI is InChI=1S/C18H16FN3O2S/c1-11-3-4-12(2)15(9-11)20-16(23)10-25-18-22-21-17(24-18)13-5-7-14(19)8-6-13/h3-9H,10H2,1-2H3,(H,20,23). The quantitative estimate of drug-likeness (QED) is 0.692. The van der Waals surface area contributed by atoms with Gasteiger partial charge in [-0.1, -0.05) is 23.9 Å². The van der Waals surface area contributed by atoms with Gasteiger partial charge in [0.2, 0.25) is 11.8 Å². The Balaban J connectivity index is 1.59. The molecule has 3 rings (SSSR count). The Morgan fingerprint density at radius 2 is 1.92 bits per heavy atom. The van der Waals surface area contributed by atoms with Gasteiger partial charge >= 0.3 is 0 Å². The molecule has 0 radical (unpaired) electrons. The van der Waals surface area contributed by atoms with Crippen LogP contribution in [0.3, 0.4) is 0 Å². The van der Waals surface area contributed by atoms with Gasteiger partial charge in [-0.05, 0) is 55.3 Å². The summed E-state index contributed by atoms with van der Waals surface area (Å²) in [4.78, 5) is 12.1. The lowest BCUT2D eigenvalue weighted by Crippen LogP contribution is -2.14. The summed E-state index contributed by atoms with van der Waals surface area (Å²) >= 11 is 1.15. The van der Waals surface area contributed by atoms with Crippen molar-refractivity contribution in [3.8, 4) is 11.5 Å². The highest BCUT2D eigenvalue weighted by atomic mass is 32.2. The molecular weight excluding hydrogens is 341 g/mol. The summed E-state index contributed by atoms with van der Waals surface area (Å²) < 4.78 is 18.4. The molecule has 0 bridgehead atoms. The molecular formula is C18H16FN3O2S. The van der Waals surface area contributed by atoms with Gasteiger partial charge in [-0.2, -0.15) is 0 Å². The Kier molecular flexibility index (Phi) is 5.14. The topological polar surface area (TPSA) is 68.0 Å². The maximum atomic E-state index is 12.9. The van der Waals surface area contributed by atoms with E-state index in [9.17, 15) is 9.18 Å². The zero-order valence-electron chi connectivity index (χ0n) is 13.7. The zero-order valence-corrected chi connectivity index (χ0v) is 14.6. The van der Waals surface area contributed by atoms with E-state index in [2.05, 4.69) is 15.5 Å². The number of nitrogens with one attached hydrogen (secondary N) is 1. The number of thioether (sulfide) groups is 1. The van der Waals surface area contributed by atoms with Gasteiger partial charge in [0.1, 0.15) is 5.82 Å². The number of carbonyl (C=O) groups is 1. The SMILES string of the molecule is Cc1ccc(C)c(NC(=O)CSc2nnc(-c3ccc(F)cc3)o2)c1. The average molecular weight is 357 g/mol. The van der Waals surface area contributed by atoms with Gasteiger partial charge in [-0.15, -0.1) is 10.2 Å². The lowest BCUT2D eigenvalue weighted by Gasteiger charge is -2.08. The third-order valence-electron chi connectivity index (χ3n) is 3.49. The molecule has 0 spiro atoms. The molecule has 5 nitrogen and oxygen atoms in total. The van der Waals surface area contributed by atoms with Gasteiger partial charge in [0.05, 0.1) is 5.75 Å². The monoisotopic (exact) mass is 357 g/mol. The minimum Gasteiger partial charge on any atom is -0.411 e. The van der Waals surface area contributed by atoms with E-state index in [1.165, 1.54) is 12.1 Å². The van der Waals surface area contributed by atoms with Crippen molar-refractivity contribution in [1.82, 2.24) is 10.2 Å². The van der Waals surface area contributed by atoms with Gasteiger partial charge < -0.3 is 9.73 Å².